The van der Waals surface area contributed by atoms with Crippen LogP contribution in [0.2, 0.25) is 0 Å². The Labute approximate surface area is 118 Å². The summed E-state index contributed by atoms with van der Waals surface area (Å²) in [6.45, 7) is 1.05. The van der Waals surface area contributed by atoms with Gasteiger partial charge in [-0.05, 0) is 23.1 Å². The first-order chi connectivity index (χ1) is 9.92. The highest BCUT2D eigenvalue weighted by Crippen LogP contribution is 2.27. The molecule has 1 aliphatic rings. The molecule has 0 fully saturated rings. The number of hydrogen-bond donors (Lipinski definition) is 0. The Morgan fingerprint density at radius 2 is 1.55 bits per heavy atom. The van der Waals surface area contributed by atoms with E-state index in [-0.39, 0.29) is 0 Å². The lowest BCUT2D eigenvalue weighted by Gasteiger charge is -2.13. The van der Waals surface area contributed by atoms with Gasteiger partial charge in [0.1, 0.15) is 0 Å². The van der Waals surface area contributed by atoms with E-state index in [0.717, 1.165) is 13.0 Å². The van der Waals surface area contributed by atoms with E-state index in [1.165, 1.54) is 27.6 Å². The topological polar surface area (TPSA) is 3.01 Å². The highest BCUT2D eigenvalue weighted by Gasteiger charge is 2.19. The number of fused-ring (bicyclic) bond motifs is 2. The van der Waals surface area contributed by atoms with Gasteiger partial charge in [0, 0.05) is 18.1 Å². The Kier molecular flexibility index (Phi) is 2.63. The van der Waals surface area contributed by atoms with Gasteiger partial charge in [-0.25, -0.2) is 0 Å². The zero-order chi connectivity index (χ0) is 13.4. The van der Waals surface area contributed by atoms with Crippen molar-refractivity contribution in [2.45, 2.75) is 6.42 Å². The summed E-state index contributed by atoms with van der Waals surface area (Å²) in [6, 6.07) is 23.8. The van der Waals surface area contributed by atoms with Gasteiger partial charge in [-0.2, -0.15) is 4.58 Å². The van der Waals surface area contributed by atoms with Crippen molar-refractivity contribution >= 4 is 22.7 Å². The summed E-state index contributed by atoms with van der Waals surface area (Å²) in [7, 11) is 0. The van der Waals surface area contributed by atoms with Gasteiger partial charge in [-0.15, -0.1) is 0 Å². The third kappa shape index (κ3) is 1.83. The summed E-state index contributed by atoms with van der Waals surface area (Å²) >= 11 is 0. The first-order valence-electron chi connectivity index (χ1n) is 7.09. The predicted molar refractivity (Wildman–Crippen MR) is 84.0 cm³/mol. The third-order valence-corrected chi connectivity index (χ3v) is 4.05. The summed E-state index contributed by atoms with van der Waals surface area (Å²) in [4.78, 5) is 0. The average molecular weight is 258 g/mol. The van der Waals surface area contributed by atoms with Crippen LogP contribution in [0.5, 0.6) is 0 Å². The van der Waals surface area contributed by atoms with Crippen LogP contribution in [0.3, 0.4) is 0 Å². The van der Waals surface area contributed by atoms with Gasteiger partial charge in [-0.3, -0.25) is 0 Å². The largest absolute Gasteiger partial charge is 0.213 e. The van der Waals surface area contributed by atoms with Crippen molar-refractivity contribution in [1.29, 1.82) is 0 Å². The summed E-state index contributed by atoms with van der Waals surface area (Å²) < 4.78 is 2.38. The van der Waals surface area contributed by atoms with E-state index in [4.69, 9.17) is 0 Å². The first kappa shape index (κ1) is 11.4. The molecular weight excluding hydrogens is 242 g/mol. The van der Waals surface area contributed by atoms with E-state index in [1.54, 1.807) is 0 Å². The molecule has 3 aromatic carbocycles. The minimum atomic E-state index is 1.05. The lowest BCUT2D eigenvalue weighted by molar-refractivity contribution is -0.434. The molecule has 0 saturated carbocycles. The molecule has 1 aliphatic heterocycles. The van der Waals surface area contributed by atoms with E-state index in [2.05, 4.69) is 77.5 Å². The molecule has 0 amide bonds. The molecule has 0 aliphatic carbocycles. The molecule has 0 atom stereocenters. The summed E-state index contributed by atoms with van der Waals surface area (Å²) in [5, 5.41) is 2.63. The second-order valence-electron chi connectivity index (χ2n) is 5.27. The minimum absolute atomic E-state index is 1.05. The van der Waals surface area contributed by atoms with Crippen LogP contribution in [-0.4, -0.2) is 17.3 Å². The molecule has 0 radical (unpaired) electrons. The van der Waals surface area contributed by atoms with Crippen LogP contribution < -0.4 is 0 Å². The van der Waals surface area contributed by atoms with Crippen LogP contribution >= 0.6 is 0 Å². The van der Waals surface area contributed by atoms with Gasteiger partial charge < -0.3 is 0 Å². The van der Waals surface area contributed by atoms with Crippen molar-refractivity contribution in [3.8, 4) is 0 Å². The van der Waals surface area contributed by atoms with E-state index in [1.807, 2.05) is 0 Å². The Morgan fingerprint density at radius 1 is 0.750 bits per heavy atom. The van der Waals surface area contributed by atoms with Crippen molar-refractivity contribution in [1.82, 2.24) is 0 Å². The van der Waals surface area contributed by atoms with Gasteiger partial charge >= 0.3 is 0 Å². The van der Waals surface area contributed by atoms with E-state index < -0.39 is 0 Å². The van der Waals surface area contributed by atoms with Crippen LogP contribution in [-0.2, 0) is 6.42 Å². The number of nitrogens with zero attached hydrogens (tertiary/aromatic N) is 1. The maximum atomic E-state index is 2.38. The molecule has 96 valence electrons. The van der Waals surface area contributed by atoms with E-state index in [9.17, 15) is 0 Å². The second-order valence-corrected chi connectivity index (χ2v) is 5.27. The summed E-state index contributed by atoms with van der Waals surface area (Å²) in [5.41, 5.74) is 4.09. The van der Waals surface area contributed by atoms with Crippen molar-refractivity contribution in [3.05, 3.63) is 77.9 Å². The van der Waals surface area contributed by atoms with Gasteiger partial charge in [0.05, 0.1) is 5.39 Å². The first-order valence-corrected chi connectivity index (χ1v) is 7.09. The third-order valence-electron chi connectivity index (χ3n) is 4.05. The number of hydrogen-bond acceptors (Lipinski definition) is 0. The molecule has 0 aromatic heterocycles. The molecule has 1 nitrogen and oxygen atoms in total. The molecule has 0 spiro atoms. The van der Waals surface area contributed by atoms with Gasteiger partial charge in [0.15, 0.2) is 12.8 Å². The minimum Gasteiger partial charge on any atom is -0.197 e. The Bertz CT molecular complexity index is 809. The number of rotatable bonds is 1. The Morgan fingerprint density at radius 3 is 2.55 bits per heavy atom. The van der Waals surface area contributed by atoms with Crippen LogP contribution in [0.15, 0.2) is 66.7 Å². The highest BCUT2D eigenvalue weighted by atomic mass is 15.0. The summed E-state index contributed by atoms with van der Waals surface area (Å²) in [6.07, 6.45) is 3.39. The van der Waals surface area contributed by atoms with Crippen LogP contribution in [0.25, 0.3) is 10.8 Å². The molecular formula is C19H16N+. The van der Waals surface area contributed by atoms with E-state index >= 15 is 0 Å². The van der Waals surface area contributed by atoms with Crippen molar-refractivity contribution in [3.63, 3.8) is 0 Å². The normalized spacial score (nSPS) is 13.9. The second kappa shape index (κ2) is 4.61. The molecule has 0 N–H and O–H groups in total. The number of benzene rings is 3. The fourth-order valence-electron chi connectivity index (χ4n) is 3.01. The molecule has 1 heterocycles. The van der Waals surface area contributed by atoms with Gasteiger partial charge in [-0.1, -0.05) is 48.5 Å². The van der Waals surface area contributed by atoms with Gasteiger partial charge in [0.2, 0.25) is 5.69 Å². The fourth-order valence-corrected chi connectivity index (χ4v) is 3.01. The molecule has 4 rings (SSSR count). The van der Waals surface area contributed by atoms with E-state index in [0.29, 0.717) is 0 Å². The Balaban J connectivity index is 1.91. The molecule has 0 unspecified atom stereocenters. The highest BCUT2D eigenvalue weighted by molar-refractivity contribution is 5.92. The SMILES string of the molecule is C1=[N+](c2cccc3ccccc23)CCc2ccccc21. The van der Waals surface area contributed by atoms with Gasteiger partial charge in [0.25, 0.3) is 0 Å². The average Bonchev–Trinajstić information content (AvgIpc) is 2.54. The molecule has 0 bridgehead atoms. The lowest BCUT2D eigenvalue weighted by Crippen LogP contribution is -2.18. The fraction of sp³-hybridized carbons (Fsp3) is 0.105. The predicted octanol–water partition coefficient (Wildman–Crippen LogP) is 4.16. The standard InChI is InChI=1S/C19H16N/c1-2-8-17-14-20(13-12-15(17)6-1)19-11-5-9-16-7-3-4-10-18(16)19/h1-11,14H,12-13H2/q+1. The van der Waals surface area contributed by atoms with Crippen LogP contribution in [0.1, 0.15) is 11.1 Å². The molecule has 1 heteroatoms. The maximum absolute atomic E-state index is 2.38. The molecule has 20 heavy (non-hydrogen) atoms. The zero-order valence-electron chi connectivity index (χ0n) is 11.3. The maximum Gasteiger partial charge on any atom is 0.213 e. The van der Waals surface area contributed by atoms with Crippen LogP contribution in [0, 0.1) is 0 Å². The smallest absolute Gasteiger partial charge is 0.197 e. The Hall–Kier alpha value is -2.41. The van der Waals surface area contributed by atoms with Crippen molar-refractivity contribution in [2.75, 3.05) is 6.54 Å². The molecule has 0 saturated heterocycles. The van der Waals surface area contributed by atoms with Crippen molar-refractivity contribution in [2.24, 2.45) is 0 Å². The van der Waals surface area contributed by atoms with Crippen molar-refractivity contribution < 1.29 is 4.58 Å². The summed E-state index contributed by atoms with van der Waals surface area (Å²) in [5.74, 6) is 0. The monoisotopic (exact) mass is 258 g/mol. The zero-order valence-corrected chi connectivity index (χ0v) is 11.3. The van der Waals surface area contributed by atoms with Crippen LogP contribution in [0.4, 0.5) is 5.69 Å². The lowest BCUT2D eigenvalue weighted by atomic mass is 10.0. The molecule has 3 aromatic rings. The quantitative estimate of drug-likeness (QED) is 0.577.